The van der Waals surface area contributed by atoms with Gasteiger partial charge in [-0.15, -0.1) is 10.2 Å². The molecule has 3 aromatic heterocycles. The fourth-order valence-corrected chi connectivity index (χ4v) is 4.65. The molecule has 0 aromatic carbocycles. The molecule has 0 amide bonds. The van der Waals surface area contributed by atoms with Crippen molar-refractivity contribution in [3.8, 4) is 0 Å². The van der Waals surface area contributed by atoms with Crippen molar-refractivity contribution in [2.45, 2.75) is 48.2 Å². The van der Waals surface area contributed by atoms with Crippen molar-refractivity contribution in [3.63, 3.8) is 0 Å². The molecule has 0 saturated heterocycles. The smallest absolute Gasteiger partial charge is 0.206 e. The molecule has 0 aliphatic heterocycles. The minimum atomic E-state index is 0.577. The maximum atomic E-state index is 4.61. The van der Waals surface area contributed by atoms with Crippen LogP contribution in [0.25, 0.3) is 5.65 Å². The van der Waals surface area contributed by atoms with Gasteiger partial charge in [-0.3, -0.25) is 0 Å². The molecule has 0 radical (unpaired) electrons. The third-order valence-corrected chi connectivity index (χ3v) is 6.12. The lowest BCUT2D eigenvalue weighted by atomic mass is 9.96. The number of nitrogens with one attached hydrogen (secondary N) is 1. The SMILES string of the molecule is c1ccn2cc(CSc3nnc(NC4CCCCC4)s3)nc2c1. The first-order valence-electron chi connectivity index (χ1n) is 8.02. The molecule has 1 aliphatic carbocycles. The molecule has 3 heterocycles. The summed E-state index contributed by atoms with van der Waals surface area (Å²) >= 11 is 3.35. The molecule has 5 nitrogen and oxygen atoms in total. The number of hydrogen-bond donors (Lipinski definition) is 1. The Labute approximate surface area is 143 Å². The largest absolute Gasteiger partial charge is 0.357 e. The van der Waals surface area contributed by atoms with Crippen molar-refractivity contribution in [1.82, 2.24) is 19.6 Å². The molecule has 1 saturated carbocycles. The van der Waals surface area contributed by atoms with Gasteiger partial charge in [0.15, 0.2) is 4.34 Å². The normalized spacial score (nSPS) is 16.0. The van der Waals surface area contributed by atoms with E-state index in [-0.39, 0.29) is 0 Å². The van der Waals surface area contributed by atoms with E-state index in [0.29, 0.717) is 6.04 Å². The van der Waals surface area contributed by atoms with Crippen LogP contribution in [0.1, 0.15) is 37.8 Å². The average Bonchev–Trinajstić information content (AvgIpc) is 3.20. The standard InChI is InChI=1S/C16H19N5S2/c1-2-6-12(7-3-1)18-15-19-20-16(23-15)22-11-13-10-21-9-5-4-8-14(21)17-13/h4-5,8-10,12H,1-3,6-7,11H2,(H,18,19). The van der Waals surface area contributed by atoms with Crippen LogP contribution in [0, 0.1) is 0 Å². The van der Waals surface area contributed by atoms with Crippen LogP contribution in [0.4, 0.5) is 5.13 Å². The van der Waals surface area contributed by atoms with Gasteiger partial charge in [-0.25, -0.2) is 4.98 Å². The van der Waals surface area contributed by atoms with Crippen molar-refractivity contribution in [2.24, 2.45) is 0 Å². The highest BCUT2D eigenvalue weighted by Gasteiger charge is 2.15. The second kappa shape index (κ2) is 6.88. The molecule has 1 aliphatic rings. The second-order valence-electron chi connectivity index (χ2n) is 5.84. The minimum absolute atomic E-state index is 0.577. The predicted octanol–water partition coefficient (Wildman–Crippen LogP) is 4.22. The first-order valence-corrected chi connectivity index (χ1v) is 9.82. The van der Waals surface area contributed by atoms with E-state index in [1.807, 2.05) is 28.8 Å². The number of thioether (sulfide) groups is 1. The molecule has 0 bridgehead atoms. The molecular formula is C16H19N5S2. The molecule has 0 atom stereocenters. The first-order chi connectivity index (χ1) is 11.4. The zero-order valence-corrected chi connectivity index (χ0v) is 14.4. The van der Waals surface area contributed by atoms with Crippen LogP contribution in [0.5, 0.6) is 0 Å². The van der Waals surface area contributed by atoms with Gasteiger partial charge in [-0.05, 0) is 25.0 Å². The van der Waals surface area contributed by atoms with E-state index in [2.05, 4.69) is 26.7 Å². The number of anilines is 1. The number of pyridine rings is 1. The molecule has 1 fully saturated rings. The summed E-state index contributed by atoms with van der Waals surface area (Å²) in [5.74, 6) is 0.819. The molecule has 23 heavy (non-hydrogen) atoms. The van der Waals surface area contributed by atoms with Crippen molar-refractivity contribution < 1.29 is 0 Å². The third kappa shape index (κ3) is 3.67. The van der Waals surface area contributed by atoms with Gasteiger partial charge in [0.2, 0.25) is 5.13 Å². The van der Waals surface area contributed by atoms with Gasteiger partial charge >= 0.3 is 0 Å². The van der Waals surface area contributed by atoms with Gasteiger partial charge < -0.3 is 9.72 Å². The Kier molecular flexibility index (Phi) is 4.48. The van der Waals surface area contributed by atoms with Gasteiger partial charge in [0, 0.05) is 24.2 Å². The number of imidazole rings is 1. The van der Waals surface area contributed by atoms with E-state index in [1.54, 1.807) is 23.1 Å². The summed E-state index contributed by atoms with van der Waals surface area (Å²) in [5.41, 5.74) is 2.05. The summed E-state index contributed by atoms with van der Waals surface area (Å²) < 4.78 is 3.05. The van der Waals surface area contributed by atoms with Gasteiger partial charge in [0.1, 0.15) is 5.65 Å². The van der Waals surface area contributed by atoms with Crippen LogP contribution >= 0.6 is 23.1 Å². The first kappa shape index (κ1) is 15.0. The summed E-state index contributed by atoms with van der Waals surface area (Å²) in [5, 5.41) is 13.0. The topological polar surface area (TPSA) is 55.1 Å². The van der Waals surface area contributed by atoms with E-state index in [9.17, 15) is 0 Å². The number of rotatable bonds is 5. The molecule has 7 heteroatoms. The van der Waals surface area contributed by atoms with Crippen LogP contribution in [0.15, 0.2) is 34.9 Å². The van der Waals surface area contributed by atoms with Crippen LogP contribution in [-0.4, -0.2) is 25.6 Å². The molecule has 0 unspecified atom stereocenters. The van der Waals surface area contributed by atoms with Gasteiger partial charge in [0.05, 0.1) is 5.69 Å². The van der Waals surface area contributed by atoms with Gasteiger partial charge in [0.25, 0.3) is 0 Å². The van der Waals surface area contributed by atoms with E-state index >= 15 is 0 Å². The third-order valence-electron chi connectivity index (χ3n) is 4.10. The molecule has 0 spiro atoms. The monoisotopic (exact) mass is 345 g/mol. The summed E-state index contributed by atoms with van der Waals surface area (Å²) in [4.78, 5) is 4.61. The Morgan fingerprint density at radius 2 is 2.13 bits per heavy atom. The maximum absolute atomic E-state index is 4.61. The van der Waals surface area contributed by atoms with E-state index < -0.39 is 0 Å². The fourth-order valence-electron chi connectivity index (χ4n) is 2.94. The van der Waals surface area contributed by atoms with Crippen LogP contribution < -0.4 is 5.32 Å². The number of fused-ring (bicyclic) bond motifs is 1. The molecule has 3 aromatic rings. The second-order valence-corrected chi connectivity index (χ2v) is 8.04. The van der Waals surface area contributed by atoms with Crippen LogP contribution in [0.2, 0.25) is 0 Å². The van der Waals surface area contributed by atoms with Crippen LogP contribution in [-0.2, 0) is 5.75 Å². The molecule has 120 valence electrons. The van der Waals surface area contributed by atoms with Crippen molar-refractivity contribution >= 4 is 33.9 Å². The minimum Gasteiger partial charge on any atom is -0.357 e. The van der Waals surface area contributed by atoms with Crippen molar-refractivity contribution in [2.75, 3.05) is 5.32 Å². The molecule has 4 rings (SSSR count). The Hall–Kier alpha value is -1.60. The lowest BCUT2D eigenvalue weighted by molar-refractivity contribution is 0.462. The lowest BCUT2D eigenvalue weighted by Crippen LogP contribution is -2.21. The summed E-state index contributed by atoms with van der Waals surface area (Å²) in [6.45, 7) is 0. The fraction of sp³-hybridized carbons (Fsp3) is 0.438. The van der Waals surface area contributed by atoms with E-state index in [0.717, 1.165) is 26.6 Å². The summed E-state index contributed by atoms with van der Waals surface area (Å²) in [6, 6.07) is 6.62. The number of aromatic nitrogens is 4. The Bertz CT molecular complexity index is 742. The highest BCUT2D eigenvalue weighted by atomic mass is 32.2. The predicted molar refractivity (Wildman–Crippen MR) is 95.2 cm³/mol. The maximum Gasteiger partial charge on any atom is 0.206 e. The summed E-state index contributed by atoms with van der Waals surface area (Å²) in [6.07, 6.45) is 10.6. The lowest BCUT2D eigenvalue weighted by Gasteiger charge is -2.21. The molecule has 1 N–H and O–H groups in total. The zero-order chi connectivity index (χ0) is 15.5. The van der Waals surface area contributed by atoms with E-state index in [1.165, 1.54) is 32.1 Å². The molecular weight excluding hydrogens is 326 g/mol. The highest BCUT2D eigenvalue weighted by Crippen LogP contribution is 2.30. The Morgan fingerprint density at radius 1 is 1.22 bits per heavy atom. The van der Waals surface area contributed by atoms with Gasteiger partial charge in [-0.1, -0.05) is 48.4 Å². The summed E-state index contributed by atoms with van der Waals surface area (Å²) in [7, 11) is 0. The van der Waals surface area contributed by atoms with Crippen molar-refractivity contribution in [1.29, 1.82) is 0 Å². The Balaban J connectivity index is 1.35. The zero-order valence-electron chi connectivity index (χ0n) is 12.8. The quantitative estimate of drug-likeness (QED) is 0.702. The van der Waals surface area contributed by atoms with Crippen LogP contribution in [0.3, 0.4) is 0 Å². The number of hydrogen-bond acceptors (Lipinski definition) is 6. The Morgan fingerprint density at radius 3 is 3.00 bits per heavy atom. The van der Waals surface area contributed by atoms with Gasteiger partial charge in [-0.2, -0.15) is 0 Å². The average molecular weight is 345 g/mol. The van der Waals surface area contributed by atoms with Crippen molar-refractivity contribution in [3.05, 3.63) is 36.3 Å². The van der Waals surface area contributed by atoms with E-state index in [4.69, 9.17) is 0 Å². The number of nitrogens with zero attached hydrogens (tertiary/aromatic N) is 4. The highest BCUT2D eigenvalue weighted by molar-refractivity contribution is 8.00.